The fourth-order valence-electron chi connectivity index (χ4n) is 2.52. The van der Waals surface area contributed by atoms with Gasteiger partial charge in [-0.25, -0.2) is 9.97 Å². The SMILES string of the molecule is Cc1cnc(C(=O)NCc2ccc(N3CCO[C@@H](C)C3)nc2)cn1. The van der Waals surface area contributed by atoms with Gasteiger partial charge in [0.1, 0.15) is 11.5 Å². The predicted molar refractivity (Wildman–Crippen MR) is 89.8 cm³/mol. The molecule has 0 radical (unpaired) electrons. The first-order chi connectivity index (χ1) is 11.6. The molecule has 0 aliphatic carbocycles. The second kappa shape index (κ2) is 7.35. The van der Waals surface area contributed by atoms with Crippen LogP contribution in [0.1, 0.15) is 28.7 Å². The molecule has 3 heterocycles. The van der Waals surface area contributed by atoms with Gasteiger partial charge < -0.3 is 15.0 Å². The van der Waals surface area contributed by atoms with E-state index in [9.17, 15) is 4.79 Å². The van der Waals surface area contributed by atoms with Gasteiger partial charge in [-0.05, 0) is 25.5 Å². The third-order valence-electron chi connectivity index (χ3n) is 3.84. The Hall–Kier alpha value is -2.54. The van der Waals surface area contributed by atoms with Crippen molar-refractivity contribution in [2.24, 2.45) is 0 Å². The first-order valence-corrected chi connectivity index (χ1v) is 8.00. The Balaban J connectivity index is 1.56. The molecule has 1 aliphatic heterocycles. The molecule has 7 nitrogen and oxygen atoms in total. The van der Waals surface area contributed by atoms with Crippen molar-refractivity contribution in [1.82, 2.24) is 20.3 Å². The molecule has 7 heteroatoms. The molecule has 2 aromatic heterocycles. The molecule has 0 aromatic carbocycles. The van der Waals surface area contributed by atoms with Crippen LogP contribution in [0.2, 0.25) is 0 Å². The minimum atomic E-state index is -0.242. The highest BCUT2D eigenvalue weighted by molar-refractivity contribution is 5.91. The summed E-state index contributed by atoms with van der Waals surface area (Å²) in [6.45, 7) is 6.70. The summed E-state index contributed by atoms with van der Waals surface area (Å²) in [5.41, 5.74) is 2.03. The summed E-state index contributed by atoms with van der Waals surface area (Å²) >= 11 is 0. The fraction of sp³-hybridized carbons (Fsp3) is 0.412. The number of aryl methyl sites for hydroxylation is 1. The van der Waals surface area contributed by atoms with Gasteiger partial charge in [-0.2, -0.15) is 0 Å². The maximum atomic E-state index is 12.0. The van der Waals surface area contributed by atoms with Crippen LogP contribution in [0.15, 0.2) is 30.7 Å². The topological polar surface area (TPSA) is 80.2 Å². The van der Waals surface area contributed by atoms with Crippen molar-refractivity contribution in [3.63, 3.8) is 0 Å². The summed E-state index contributed by atoms with van der Waals surface area (Å²) in [6.07, 6.45) is 5.06. The lowest BCUT2D eigenvalue weighted by molar-refractivity contribution is 0.0529. The monoisotopic (exact) mass is 327 g/mol. The van der Waals surface area contributed by atoms with Crippen LogP contribution in [0.3, 0.4) is 0 Å². The maximum absolute atomic E-state index is 12.0. The Labute approximate surface area is 141 Å². The Morgan fingerprint density at radius 2 is 2.17 bits per heavy atom. The Kier molecular flexibility index (Phi) is 5.00. The molecule has 1 atom stereocenters. The van der Waals surface area contributed by atoms with Crippen molar-refractivity contribution in [3.05, 3.63) is 47.7 Å². The van der Waals surface area contributed by atoms with E-state index >= 15 is 0 Å². The van der Waals surface area contributed by atoms with Gasteiger partial charge in [-0.3, -0.25) is 9.78 Å². The van der Waals surface area contributed by atoms with Crippen LogP contribution in [-0.2, 0) is 11.3 Å². The predicted octanol–water partition coefficient (Wildman–Crippen LogP) is 1.34. The summed E-state index contributed by atoms with van der Waals surface area (Å²) in [4.78, 5) is 26.9. The number of pyridine rings is 1. The van der Waals surface area contributed by atoms with E-state index in [-0.39, 0.29) is 12.0 Å². The number of rotatable bonds is 4. The third kappa shape index (κ3) is 4.05. The zero-order chi connectivity index (χ0) is 16.9. The zero-order valence-electron chi connectivity index (χ0n) is 13.9. The number of ether oxygens (including phenoxy) is 1. The number of carbonyl (C=O) groups is 1. The molecule has 1 fully saturated rings. The molecule has 1 aliphatic rings. The highest BCUT2D eigenvalue weighted by Crippen LogP contribution is 2.15. The molecular formula is C17H21N5O2. The van der Waals surface area contributed by atoms with Crippen molar-refractivity contribution in [3.8, 4) is 0 Å². The largest absolute Gasteiger partial charge is 0.375 e. The normalized spacial score (nSPS) is 17.6. The minimum Gasteiger partial charge on any atom is -0.375 e. The fourth-order valence-corrected chi connectivity index (χ4v) is 2.52. The van der Waals surface area contributed by atoms with Crippen LogP contribution < -0.4 is 10.2 Å². The molecule has 0 spiro atoms. The van der Waals surface area contributed by atoms with Crippen molar-refractivity contribution in [1.29, 1.82) is 0 Å². The first kappa shape index (κ1) is 16.3. The molecule has 24 heavy (non-hydrogen) atoms. The van der Waals surface area contributed by atoms with Crippen LogP contribution in [-0.4, -0.2) is 46.7 Å². The van der Waals surface area contributed by atoms with Crippen molar-refractivity contribution >= 4 is 11.7 Å². The van der Waals surface area contributed by atoms with Gasteiger partial charge in [0, 0.05) is 32.0 Å². The van der Waals surface area contributed by atoms with Gasteiger partial charge in [-0.15, -0.1) is 0 Å². The summed E-state index contributed by atoms with van der Waals surface area (Å²) in [5.74, 6) is 0.693. The number of hydrogen-bond donors (Lipinski definition) is 1. The number of aromatic nitrogens is 3. The van der Waals surface area contributed by atoms with Crippen LogP contribution in [0.25, 0.3) is 0 Å². The standard InChI is InChI=1S/C17H21N5O2/c1-12-7-19-15(10-18-12)17(23)21-9-14-3-4-16(20-8-14)22-5-6-24-13(2)11-22/h3-4,7-8,10,13H,5-6,9,11H2,1-2H3,(H,21,23)/t13-/m0/s1. The van der Waals surface area contributed by atoms with Crippen LogP contribution >= 0.6 is 0 Å². The highest BCUT2D eigenvalue weighted by atomic mass is 16.5. The zero-order valence-corrected chi connectivity index (χ0v) is 13.9. The molecule has 0 saturated carbocycles. The lowest BCUT2D eigenvalue weighted by Gasteiger charge is -2.32. The minimum absolute atomic E-state index is 0.218. The van der Waals surface area contributed by atoms with Gasteiger partial charge >= 0.3 is 0 Å². The smallest absolute Gasteiger partial charge is 0.271 e. The molecule has 1 N–H and O–H groups in total. The average molecular weight is 327 g/mol. The van der Waals surface area contributed by atoms with E-state index in [1.54, 1.807) is 12.4 Å². The second-order valence-electron chi connectivity index (χ2n) is 5.88. The van der Waals surface area contributed by atoms with E-state index in [4.69, 9.17) is 4.74 Å². The van der Waals surface area contributed by atoms with Crippen molar-refractivity contribution in [2.75, 3.05) is 24.6 Å². The molecule has 1 amide bonds. The van der Waals surface area contributed by atoms with E-state index in [2.05, 4.69) is 32.1 Å². The number of morpholine rings is 1. The first-order valence-electron chi connectivity index (χ1n) is 8.00. The number of nitrogens with one attached hydrogen (secondary N) is 1. The molecular weight excluding hydrogens is 306 g/mol. The molecule has 3 rings (SSSR count). The van der Waals surface area contributed by atoms with E-state index in [1.807, 2.05) is 19.1 Å². The lowest BCUT2D eigenvalue weighted by Crippen LogP contribution is -2.41. The van der Waals surface area contributed by atoms with E-state index in [1.165, 1.54) is 6.20 Å². The van der Waals surface area contributed by atoms with Gasteiger partial charge in [0.05, 0.1) is 24.6 Å². The Bertz CT molecular complexity index is 687. The Morgan fingerprint density at radius 3 is 2.83 bits per heavy atom. The number of nitrogens with zero attached hydrogens (tertiary/aromatic N) is 4. The lowest BCUT2D eigenvalue weighted by atomic mass is 10.2. The van der Waals surface area contributed by atoms with E-state index < -0.39 is 0 Å². The van der Waals surface area contributed by atoms with Crippen molar-refractivity contribution < 1.29 is 9.53 Å². The number of hydrogen-bond acceptors (Lipinski definition) is 6. The molecule has 0 unspecified atom stereocenters. The van der Waals surface area contributed by atoms with E-state index in [0.717, 1.165) is 36.8 Å². The molecule has 126 valence electrons. The van der Waals surface area contributed by atoms with Crippen molar-refractivity contribution in [2.45, 2.75) is 26.5 Å². The summed E-state index contributed by atoms with van der Waals surface area (Å²) < 4.78 is 5.54. The Morgan fingerprint density at radius 1 is 1.29 bits per heavy atom. The molecule has 0 bridgehead atoms. The van der Waals surface area contributed by atoms with Gasteiger partial charge in [0.25, 0.3) is 5.91 Å². The van der Waals surface area contributed by atoms with Gasteiger partial charge in [0.15, 0.2) is 0 Å². The third-order valence-corrected chi connectivity index (χ3v) is 3.84. The summed E-state index contributed by atoms with van der Waals surface area (Å²) in [5, 5.41) is 2.83. The number of amides is 1. The van der Waals surface area contributed by atoms with Gasteiger partial charge in [0.2, 0.25) is 0 Å². The quantitative estimate of drug-likeness (QED) is 0.913. The average Bonchev–Trinajstić information content (AvgIpc) is 2.61. The number of carbonyl (C=O) groups excluding carboxylic acids is 1. The molecule has 2 aromatic rings. The van der Waals surface area contributed by atoms with E-state index in [0.29, 0.717) is 12.2 Å². The molecule has 1 saturated heterocycles. The van der Waals surface area contributed by atoms with Gasteiger partial charge in [-0.1, -0.05) is 6.07 Å². The highest BCUT2D eigenvalue weighted by Gasteiger charge is 2.17. The van der Waals surface area contributed by atoms with Crippen LogP contribution in [0, 0.1) is 6.92 Å². The summed E-state index contributed by atoms with van der Waals surface area (Å²) in [7, 11) is 0. The van der Waals surface area contributed by atoms with Crippen LogP contribution in [0.5, 0.6) is 0 Å². The van der Waals surface area contributed by atoms with Crippen LogP contribution in [0.4, 0.5) is 5.82 Å². The number of anilines is 1. The second-order valence-corrected chi connectivity index (χ2v) is 5.88. The summed E-state index contributed by atoms with van der Waals surface area (Å²) in [6, 6.07) is 3.95. The maximum Gasteiger partial charge on any atom is 0.271 e.